The molecule has 5 rings (SSSR count). The van der Waals surface area contributed by atoms with Crippen molar-refractivity contribution in [1.29, 1.82) is 0 Å². The fourth-order valence-electron chi connectivity index (χ4n) is 5.29. The first-order valence-electron chi connectivity index (χ1n) is 12.6. The summed E-state index contributed by atoms with van der Waals surface area (Å²) in [4.78, 5) is 1.46. The molecule has 2 aliphatic rings. The Bertz CT molecular complexity index is 1340. The van der Waals surface area contributed by atoms with Gasteiger partial charge in [-0.1, -0.05) is 31.2 Å². The minimum absolute atomic E-state index is 0.110. The first-order valence-corrected chi connectivity index (χ1v) is 12.6. The fourth-order valence-corrected chi connectivity index (χ4v) is 5.29. The SMILES string of the molecule is CC1=C(c2cccc(O)c2)C(c2ccc(OCC(N3CCC(C)C3)C(F)(F)F)cc2)Oc2ccc(O)cc21. The van der Waals surface area contributed by atoms with Gasteiger partial charge in [-0.15, -0.1) is 0 Å². The third kappa shape index (κ3) is 5.31. The van der Waals surface area contributed by atoms with E-state index in [9.17, 15) is 23.4 Å². The number of phenolic OH excluding ortho intramolecular Hbond substituents is 2. The highest BCUT2D eigenvalue weighted by molar-refractivity contribution is 5.95. The molecule has 1 saturated heterocycles. The molecule has 0 bridgehead atoms. The molecule has 0 aromatic heterocycles. The van der Waals surface area contributed by atoms with E-state index in [0.717, 1.165) is 34.3 Å². The Labute approximate surface area is 219 Å². The highest BCUT2D eigenvalue weighted by Gasteiger charge is 2.45. The maximum absolute atomic E-state index is 13.7. The number of alkyl halides is 3. The lowest BCUT2D eigenvalue weighted by Gasteiger charge is -2.31. The van der Waals surface area contributed by atoms with Crippen LogP contribution in [0.4, 0.5) is 13.2 Å². The molecule has 2 aliphatic heterocycles. The van der Waals surface area contributed by atoms with Crippen LogP contribution in [0.5, 0.6) is 23.0 Å². The summed E-state index contributed by atoms with van der Waals surface area (Å²) in [7, 11) is 0. The minimum atomic E-state index is -4.37. The van der Waals surface area contributed by atoms with E-state index >= 15 is 0 Å². The molecule has 3 unspecified atom stereocenters. The summed E-state index contributed by atoms with van der Waals surface area (Å²) in [6.45, 7) is 4.24. The highest BCUT2D eigenvalue weighted by atomic mass is 19.4. The van der Waals surface area contributed by atoms with E-state index in [2.05, 4.69) is 0 Å². The van der Waals surface area contributed by atoms with Crippen LogP contribution in [0.25, 0.3) is 11.1 Å². The van der Waals surface area contributed by atoms with E-state index in [4.69, 9.17) is 9.47 Å². The number of allylic oxidation sites excluding steroid dienone is 1. The Morgan fingerprint density at radius 2 is 1.76 bits per heavy atom. The number of likely N-dealkylation sites (tertiary alicyclic amines) is 1. The molecule has 0 aliphatic carbocycles. The molecule has 8 heteroatoms. The Morgan fingerprint density at radius 1 is 1.03 bits per heavy atom. The smallest absolute Gasteiger partial charge is 0.407 e. The van der Waals surface area contributed by atoms with E-state index < -0.39 is 24.9 Å². The van der Waals surface area contributed by atoms with E-state index in [1.54, 1.807) is 60.7 Å². The van der Waals surface area contributed by atoms with Crippen LogP contribution in [-0.4, -0.2) is 47.0 Å². The number of ether oxygens (including phenoxy) is 2. The molecule has 5 nitrogen and oxygen atoms in total. The molecule has 3 atom stereocenters. The van der Waals surface area contributed by atoms with Crippen molar-refractivity contribution < 1.29 is 32.9 Å². The van der Waals surface area contributed by atoms with Gasteiger partial charge in [-0.05, 0) is 85.0 Å². The van der Waals surface area contributed by atoms with Gasteiger partial charge in [0.25, 0.3) is 0 Å². The van der Waals surface area contributed by atoms with E-state index in [1.165, 1.54) is 4.90 Å². The molecule has 200 valence electrons. The van der Waals surface area contributed by atoms with Crippen LogP contribution in [0.2, 0.25) is 0 Å². The topological polar surface area (TPSA) is 62.2 Å². The van der Waals surface area contributed by atoms with Gasteiger partial charge >= 0.3 is 6.18 Å². The summed E-state index contributed by atoms with van der Waals surface area (Å²) in [5.41, 5.74) is 3.97. The number of nitrogens with zero attached hydrogens (tertiary/aromatic N) is 1. The van der Waals surface area contributed by atoms with Gasteiger partial charge in [-0.3, -0.25) is 4.90 Å². The summed E-state index contributed by atoms with van der Waals surface area (Å²) in [6.07, 6.45) is -4.17. The number of fused-ring (bicyclic) bond motifs is 1. The van der Waals surface area contributed by atoms with Gasteiger partial charge in [-0.2, -0.15) is 13.2 Å². The number of phenols is 2. The van der Waals surface area contributed by atoms with Crippen molar-refractivity contribution in [3.63, 3.8) is 0 Å². The Balaban J connectivity index is 1.41. The lowest BCUT2D eigenvalue weighted by molar-refractivity contribution is -0.188. The Hall–Kier alpha value is -3.65. The van der Waals surface area contributed by atoms with Crippen molar-refractivity contribution in [2.75, 3.05) is 19.7 Å². The van der Waals surface area contributed by atoms with Crippen molar-refractivity contribution >= 4 is 11.1 Å². The molecule has 38 heavy (non-hydrogen) atoms. The van der Waals surface area contributed by atoms with E-state index in [0.29, 0.717) is 24.6 Å². The van der Waals surface area contributed by atoms with Crippen molar-refractivity contribution in [3.8, 4) is 23.0 Å². The monoisotopic (exact) mass is 525 g/mol. The van der Waals surface area contributed by atoms with Crippen LogP contribution in [0.15, 0.2) is 66.7 Å². The first kappa shape index (κ1) is 26.0. The number of benzene rings is 3. The van der Waals surface area contributed by atoms with E-state index in [1.807, 2.05) is 19.9 Å². The van der Waals surface area contributed by atoms with Crippen LogP contribution in [0, 0.1) is 5.92 Å². The normalized spacial score (nSPS) is 20.7. The third-order valence-electron chi connectivity index (χ3n) is 7.30. The van der Waals surface area contributed by atoms with Gasteiger partial charge in [-0.25, -0.2) is 0 Å². The molecule has 2 heterocycles. The van der Waals surface area contributed by atoms with Crippen LogP contribution in [0.3, 0.4) is 0 Å². The fraction of sp³-hybridized carbons (Fsp3) is 0.333. The zero-order valence-corrected chi connectivity index (χ0v) is 21.2. The number of rotatable bonds is 6. The van der Waals surface area contributed by atoms with Crippen LogP contribution >= 0.6 is 0 Å². The van der Waals surface area contributed by atoms with Crippen LogP contribution in [0.1, 0.15) is 43.1 Å². The molecule has 0 amide bonds. The molecule has 3 aromatic carbocycles. The molecular formula is C30H30F3NO4. The zero-order valence-electron chi connectivity index (χ0n) is 21.2. The van der Waals surface area contributed by atoms with Gasteiger partial charge in [0.15, 0.2) is 0 Å². The number of aromatic hydroxyl groups is 2. The standard InChI is InChI=1S/C30H30F3NO4/c1-18-12-13-34(16-18)27(30(31,32)33)17-37-24-9-6-20(7-10-24)29-28(21-4-3-5-22(35)14-21)19(2)25-15-23(36)8-11-26(25)38-29/h3-11,14-15,18,27,29,35-36H,12-13,16-17H2,1-2H3. The Kier molecular flexibility index (Phi) is 7.01. The van der Waals surface area contributed by atoms with Crippen LogP contribution in [-0.2, 0) is 0 Å². The van der Waals surface area contributed by atoms with Gasteiger partial charge in [0.1, 0.15) is 41.8 Å². The second-order valence-electron chi connectivity index (χ2n) is 10.1. The summed E-state index contributed by atoms with van der Waals surface area (Å²) in [5.74, 6) is 1.40. The molecule has 1 fully saturated rings. The highest BCUT2D eigenvalue weighted by Crippen LogP contribution is 2.47. The summed E-state index contributed by atoms with van der Waals surface area (Å²) < 4.78 is 53.2. The number of hydrogen-bond acceptors (Lipinski definition) is 5. The van der Waals surface area contributed by atoms with E-state index in [-0.39, 0.29) is 17.4 Å². The lowest BCUT2D eigenvalue weighted by Crippen LogP contribution is -2.48. The second-order valence-corrected chi connectivity index (χ2v) is 10.1. The number of halogens is 3. The summed E-state index contributed by atoms with van der Waals surface area (Å²) in [5, 5.41) is 20.2. The molecule has 0 saturated carbocycles. The van der Waals surface area contributed by atoms with Crippen molar-refractivity contribution in [2.24, 2.45) is 5.92 Å². The second kappa shape index (κ2) is 10.3. The maximum atomic E-state index is 13.7. The minimum Gasteiger partial charge on any atom is -0.508 e. The van der Waals surface area contributed by atoms with Gasteiger partial charge in [0.05, 0.1) is 0 Å². The first-order chi connectivity index (χ1) is 18.1. The van der Waals surface area contributed by atoms with Gasteiger partial charge in [0.2, 0.25) is 0 Å². The molecular weight excluding hydrogens is 495 g/mol. The van der Waals surface area contributed by atoms with Crippen LogP contribution < -0.4 is 9.47 Å². The number of hydrogen-bond donors (Lipinski definition) is 2. The maximum Gasteiger partial charge on any atom is 0.407 e. The molecule has 0 radical (unpaired) electrons. The summed E-state index contributed by atoms with van der Waals surface area (Å²) in [6, 6.07) is 17.0. The Morgan fingerprint density at radius 3 is 2.42 bits per heavy atom. The summed E-state index contributed by atoms with van der Waals surface area (Å²) >= 11 is 0. The predicted molar refractivity (Wildman–Crippen MR) is 139 cm³/mol. The predicted octanol–water partition coefficient (Wildman–Crippen LogP) is 6.81. The van der Waals surface area contributed by atoms with Crippen molar-refractivity contribution in [3.05, 3.63) is 83.4 Å². The molecule has 3 aromatic rings. The largest absolute Gasteiger partial charge is 0.508 e. The lowest BCUT2D eigenvalue weighted by atomic mass is 9.86. The van der Waals surface area contributed by atoms with Gasteiger partial charge in [0, 0.05) is 17.7 Å². The quantitative estimate of drug-likeness (QED) is 0.370. The third-order valence-corrected chi connectivity index (χ3v) is 7.30. The zero-order chi connectivity index (χ0) is 27.0. The average Bonchev–Trinajstić information content (AvgIpc) is 3.29. The van der Waals surface area contributed by atoms with Crippen molar-refractivity contribution in [1.82, 2.24) is 4.90 Å². The molecule has 2 N–H and O–H groups in total. The van der Waals surface area contributed by atoms with Gasteiger partial charge < -0.3 is 19.7 Å². The average molecular weight is 526 g/mol. The molecule has 0 spiro atoms. The van der Waals surface area contributed by atoms with Crippen molar-refractivity contribution in [2.45, 2.75) is 38.6 Å².